The normalized spacial score (nSPS) is 29.9. The van der Waals surface area contributed by atoms with Crippen LogP contribution in [0.15, 0.2) is 30.3 Å². The molecule has 2 fully saturated rings. The third-order valence-electron chi connectivity index (χ3n) is 3.84. The molecule has 0 aliphatic carbocycles. The predicted octanol–water partition coefficient (Wildman–Crippen LogP) is 2.09. The summed E-state index contributed by atoms with van der Waals surface area (Å²) in [6, 6.07) is 11.0. The summed E-state index contributed by atoms with van der Waals surface area (Å²) in [7, 11) is 0. The molecule has 4 nitrogen and oxygen atoms in total. The van der Waals surface area contributed by atoms with E-state index in [1.165, 1.54) is 12.8 Å². The maximum atomic E-state index is 11.9. The average molecular weight is 245 g/mol. The fraction of sp³-hybridized carbons (Fsp3) is 0.500. The standard InChI is InChI=1S/C14H19N3O/c18-14(16-10-4-2-1-3-5-10)17-13-8-11-6-7-12(9-13)15-11/h1-5,11-13,15H,6-9H2,(H2,16,17,18)/t11-,12+,13?. The molecule has 2 amide bonds. The van der Waals surface area contributed by atoms with E-state index < -0.39 is 0 Å². The van der Waals surface area contributed by atoms with Gasteiger partial charge in [0.05, 0.1) is 0 Å². The Labute approximate surface area is 107 Å². The molecule has 18 heavy (non-hydrogen) atoms. The third kappa shape index (κ3) is 2.64. The van der Waals surface area contributed by atoms with Gasteiger partial charge in [-0.05, 0) is 37.8 Å². The van der Waals surface area contributed by atoms with E-state index in [1.54, 1.807) is 0 Å². The Bertz CT molecular complexity index is 408. The van der Waals surface area contributed by atoms with Crippen molar-refractivity contribution in [3.8, 4) is 0 Å². The van der Waals surface area contributed by atoms with Crippen LogP contribution < -0.4 is 16.0 Å². The molecule has 1 unspecified atom stereocenters. The Kier molecular flexibility index (Phi) is 3.19. The van der Waals surface area contributed by atoms with Gasteiger partial charge in [0.15, 0.2) is 0 Å². The highest BCUT2D eigenvalue weighted by Gasteiger charge is 2.33. The molecule has 2 heterocycles. The van der Waals surface area contributed by atoms with E-state index in [9.17, 15) is 4.79 Å². The summed E-state index contributed by atoms with van der Waals surface area (Å²) in [4.78, 5) is 11.9. The molecule has 2 saturated heterocycles. The SMILES string of the molecule is O=C(Nc1ccccc1)NC1C[C@H]2CC[C@@H](C1)N2. The van der Waals surface area contributed by atoms with Gasteiger partial charge in [0.2, 0.25) is 0 Å². The number of nitrogens with one attached hydrogen (secondary N) is 3. The second-order valence-electron chi connectivity index (χ2n) is 5.27. The maximum Gasteiger partial charge on any atom is 0.319 e. The third-order valence-corrected chi connectivity index (χ3v) is 3.84. The first-order chi connectivity index (χ1) is 8.79. The number of carbonyl (C=O) groups excluding carboxylic acids is 1. The van der Waals surface area contributed by atoms with Crippen LogP contribution in [0.3, 0.4) is 0 Å². The molecular formula is C14H19N3O. The van der Waals surface area contributed by atoms with Crippen molar-refractivity contribution in [2.45, 2.75) is 43.8 Å². The number of fused-ring (bicyclic) bond motifs is 2. The highest BCUT2D eigenvalue weighted by atomic mass is 16.2. The van der Waals surface area contributed by atoms with Crippen LogP contribution in [0.5, 0.6) is 0 Å². The Hall–Kier alpha value is -1.55. The van der Waals surface area contributed by atoms with Crippen LogP contribution in [0.4, 0.5) is 10.5 Å². The lowest BCUT2D eigenvalue weighted by Gasteiger charge is -2.29. The van der Waals surface area contributed by atoms with Gasteiger partial charge in [-0.15, -0.1) is 0 Å². The van der Waals surface area contributed by atoms with Gasteiger partial charge < -0.3 is 16.0 Å². The van der Waals surface area contributed by atoms with Gasteiger partial charge in [0.25, 0.3) is 0 Å². The Balaban J connectivity index is 1.52. The lowest BCUT2D eigenvalue weighted by Crippen LogP contribution is -2.49. The van der Waals surface area contributed by atoms with Gasteiger partial charge in [0, 0.05) is 23.8 Å². The molecular weight excluding hydrogens is 226 g/mol. The van der Waals surface area contributed by atoms with E-state index >= 15 is 0 Å². The minimum Gasteiger partial charge on any atom is -0.335 e. The number of anilines is 1. The lowest BCUT2D eigenvalue weighted by atomic mass is 10.0. The largest absolute Gasteiger partial charge is 0.335 e. The molecule has 3 rings (SSSR count). The fourth-order valence-corrected chi connectivity index (χ4v) is 3.05. The number of piperidine rings is 1. The minimum atomic E-state index is -0.0903. The first-order valence-electron chi connectivity index (χ1n) is 6.68. The second kappa shape index (κ2) is 4.98. The number of hydrogen-bond acceptors (Lipinski definition) is 2. The van der Waals surface area contributed by atoms with E-state index in [0.717, 1.165) is 18.5 Å². The van der Waals surface area contributed by atoms with E-state index in [-0.39, 0.29) is 6.03 Å². The molecule has 2 aliphatic rings. The highest BCUT2D eigenvalue weighted by Crippen LogP contribution is 2.26. The summed E-state index contributed by atoms with van der Waals surface area (Å²) < 4.78 is 0. The number of urea groups is 1. The zero-order chi connectivity index (χ0) is 12.4. The maximum absolute atomic E-state index is 11.9. The molecule has 4 heteroatoms. The topological polar surface area (TPSA) is 53.2 Å². The van der Waals surface area contributed by atoms with E-state index in [2.05, 4.69) is 16.0 Å². The van der Waals surface area contributed by atoms with E-state index in [1.807, 2.05) is 30.3 Å². The number of para-hydroxylation sites is 1. The molecule has 3 atom stereocenters. The van der Waals surface area contributed by atoms with Crippen LogP contribution in [0, 0.1) is 0 Å². The van der Waals surface area contributed by atoms with Crippen molar-refractivity contribution in [2.75, 3.05) is 5.32 Å². The lowest BCUT2D eigenvalue weighted by molar-refractivity contribution is 0.240. The summed E-state index contributed by atoms with van der Waals surface area (Å²) in [5.41, 5.74) is 0.840. The van der Waals surface area contributed by atoms with E-state index in [0.29, 0.717) is 18.1 Å². The van der Waals surface area contributed by atoms with Crippen molar-refractivity contribution >= 4 is 11.7 Å². The summed E-state index contributed by atoms with van der Waals surface area (Å²) in [6.45, 7) is 0. The molecule has 2 aliphatic heterocycles. The minimum absolute atomic E-state index is 0.0903. The number of benzene rings is 1. The van der Waals surface area contributed by atoms with Crippen LogP contribution in [-0.4, -0.2) is 24.2 Å². The van der Waals surface area contributed by atoms with Crippen LogP contribution in [0.1, 0.15) is 25.7 Å². The number of hydrogen-bond donors (Lipinski definition) is 3. The van der Waals surface area contributed by atoms with Crippen molar-refractivity contribution < 1.29 is 4.79 Å². The summed E-state index contributed by atoms with van der Waals surface area (Å²) >= 11 is 0. The first-order valence-corrected chi connectivity index (χ1v) is 6.68. The second-order valence-corrected chi connectivity index (χ2v) is 5.27. The number of amides is 2. The van der Waals surface area contributed by atoms with Crippen LogP contribution in [-0.2, 0) is 0 Å². The zero-order valence-electron chi connectivity index (χ0n) is 10.4. The molecule has 1 aromatic rings. The van der Waals surface area contributed by atoms with Crippen LogP contribution >= 0.6 is 0 Å². The van der Waals surface area contributed by atoms with Crippen molar-refractivity contribution in [2.24, 2.45) is 0 Å². The quantitative estimate of drug-likeness (QED) is 0.747. The van der Waals surface area contributed by atoms with E-state index in [4.69, 9.17) is 0 Å². The van der Waals surface area contributed by atoms with Gasteiger partial charge in [-0.2, -0.15) is 0 Å². The average Bonchev–Trinajstić information content (AvgIpc) is 2.70. The Morgan fingerprint density at radius 3 is 2.44 bits per heavy atom. The molecule has 2 bridgehead atoms. The van der Waals surface area contributed by atoms with Crippen LogP contribution in [0.2, 0.25) is 0 Å². The summed E-state index contributed by atoms with van der Waals surface area (Å²) in [5, 5.41) is 9.52. The van der Waals surface area contributed by atoms with Gasteiger partial charge in [-0.1, -0.05) is 18.2 Å². The predicted molar refractivity (Wildman–Crippen MR) is 71.6 cm³/mol. The zero-order valence-corrected chi connectivity index (χ0v) is 10.4. The molecule has 0 saturated carbocycles. The molecule has 3 N–H and O–H groups in total. The van der Waals surface area contributed by atoms with Gasteiger partial charge in [-0.3, -0.25) is 0 Å². The molecule has 0 aromatic heterocycles. The van der Waals surface area contributed by atoms with Crippen molar-refractivity contribution in [3.05, 3.63) is 30.3 Å². The first kappa shape index (κ1) is 11.5. The smallest absolute Gasteiger partial charge is 0.319 e. The molecule has 96 valence electrons. The number of carbonyl (C=O) groups is 1. The van der Waals surface area contributed by atoms with Gasteiger partial charge >= 0.3 is 6.03 Å². The number of rotatable bonds is 2. The van der Waals surface area contributed by atoms with Crippen molar-refractivity contribution in [1.29, 1.82) is 0 Å². The summed E-state index contributed by atoms with van der Waals surface area (Å²) in [5.74, 6) is 0. The van der Waals surface area contributed by atoms with Crippen molar-refractivity contribution in [1.82, 2.24) is 10.6 Å². The van der Waals surface area contributed by atoms with Gasteiger partial charge in [-0.25, -0.2) is 4.79 Å². The highest BCUT2D eigenvalue weighted by molar-refractivity contribution is 5.89. The molecule has 0 spiro atoms. The monoisotopic (exact) mass is 245 g/mol. The summed E-state index contributed by atoms with van der Waals surface area (Å²) in [6.07, 6.45) is 4.61. The van der Waals surface area contributed by atoms with Crippen molar-refractivity contribution in [3.63, 3.8) is 0 Å². The Morgan fingerprint density at radius 2 is 1.78 bits per heavy atom. The van der Waals surface area contributed by atoms with Gasteiger partial charge in [0.1, 0.15) is 0 Å². The molecule has 1 aromatic carbocycles. The fourth-order valence-electron chi connectivity index (χ4n) is 3.05. The molecule has 0 radical (unpaired) electrons. The van der Waals surface area contributed by atoms with Crippen LogP contribution in [0.25, 0.3) is 0 Å². The Morgan fingerprint density at radius 1 is 1.11 bits per heavy atom.